The predicted octanol–water partition coefficient (Wildman–Crippen LogP) is 1.62. The molecule has 0 aliphatic carbocycles. The topological polar surface area (TPSA) is 65.8 Å². The highest BCUT2D eigenvalue weighted by Gasteiger charge is 2.10. The molecule has 1 aromatic heterocycles. The van der Waals surface area contributed by atoms with E-state index in [0.717, 1.165) is 0 Å². The van der Waals surface area contributed by atoms with Gasteiger partial charge in [0.05, 0.1) is 22.6 Å². The van der Waals surface area contributed by atoms with E-state index in [1.165, 1.54) is 12.4 Å². The highest BCUT2D eigenvalue weighted by Crippen LogP contribution is 2.12. The molecule has 0 saturated carbocycles. The zero-order valence-corrected chi connectivity index (χ0v) is 8.95. The lowest BCUT2D eigenvalue weighted by atomic mass is 10.2. The summed E-state index contributed by atoms with van der Waals surface area (Å²) in [4.78, 5) is 15.3. The lowest BCUT2D eigenvalue weighted by Crippen LogP contribution is -2.28. The quantitative estimate of drug-likeness (QED) is 0.847. The van der Waals surface area contributed by atoms with Crippen LogP contribution in [0.5, 0.6) is 0 Å². The van der Waals surface area contributed by atoms with Gasteiger partial charge < -0.3 is 5.32 Å². The number of carbonyl (C=O) groups is 1. The van der Waals surface area contributed by atoms with Gasteiger partial charge in [0.2, 0.25) is 0 Å². The van der Waals surface area contributed by atoms with E-state index < -0.39 is 0 Å². The van der Waals surface area contributed by atoms with E-state index in [2.05, 4.69) is 10.3 Å². The van der Waals surface area contributed by atoms with Crippen LogP contribution in [0.2, 0.25) is 5.02 Å². The molecule has 0 bridgehead atoms. The number of nitrogens with zero attached hydrogens (tertiary/aromatic N) is 2. The first-order valence-electron chi connectivity index (χ1n) is 4.42. The Balaban J connectivity index is 2.63. The Hall–Kier alpha value is -1.60. The van der Waals surface area contributed by atoms with Crippen molar-refractivity contribution in [2.75, 3.05) is 6.54 Å². The van der Waals surface area contributed by atoms with Crippen LogP contribution in [0, 0.1) is 17.2 Å². The van der Waals surface area contributed by atoms with E-state index in [9.17, 15) is 4.79 Å². The monoisotopic (exact) mass is 223 g/mol. The number of amides is 1. The van der Waals surface area contributed by atoms with Gasteiger partial charge in [0, 0.05) is 18.9 Å². The fourth-order valence-electron chi connectivity index (χ4n) is 0.931. The van der Waals surface area contributed by atoms with E-state index in [0.29, 0.717) is 17.1 Å². The highest BCUT2D eigenvalue weighted by atomic mass is 35.5. The van der Waals surface area contributed by atoms with Gasteiger partial charge in [-0.1, -0.05) is 11.6 Å². The minimum Gasteiger partial charge on any atom is -0.351 e. The van der Waals surface area contributed by atoms with Gasteiger partial charge in [0.1, 0.15) is 0 Å². The summed E-state index contributed by atoms with van der Waals surface area (Å²) in [5, 5.41) is 11.5. The summed E-state index contributed by atoms with van der Waals surface area (Å²) in [5.74, 6) is -0.528. The minimum absolute atomic E-state index is 0.218. The van der Waals surface area contributed by atoms with E-state index in [1.54, 1.807) is 13.0 Å². The fourth-order valence-corrected chi connectivity index (χ4v) is 1.12. The molecule has 0 saturated heterocycles. The van der Waals surface area contributed by atoms with Crippen LogP contribution in [0.25, 0.3) is 0 Å². The normalized spacial score (nSPS) is 11.5. The summed E-state index contributed by atoms with van der Waals surface area (Å²) in [6.07, 6.45) is 2.91. The van der Waals surface area contributed by atoms with Crippen LogP contribution in [-0.4, -0.2) is 17.4 Å². The molecule has 1 heterocycles. The van der Waals surface area contributed by atoms with Gasteiger partial charge in [0.15, 0.2) is 0 Å². The van der Waals surface area contributed by atoms with Crippen molar-refractivity contribution in [1.29, 1.82) is 5.26 Å². The summed E-state index contributed by atoms with van der Waals surface area (Å²) >= 11 is 5.80. The van der Waals surface area contributed by atoms with Gasteiger partial charge in [-0.05, 0) is 13.0 Å². The van der Waals surface area contributed by atoms with Crippen LogP contribution in [0.4, 0.5) is 0 Å². The van der Waals surface area contributed by atoms with Crippen molar-refractivity contribution < 1.29 is 4.79 Å². The molecule has 4 nitrogen and oxygen atoms in total. The van der Waals surface area contributed by atoms with Crippen molar-refractivity contribution >= 4 is 17.5 Å². The molecule has 0 aliphatic heterocycles. The van der Waals surface area contributed by atoms with Crippen LogP contribution in [-0.2, 0) is 0 Å². The van der Waals surface area contributed by atoms with Gasteiger partial charge >= 0.3 is 0 Å². The lowest BCUT2D eigenvalue weighted by Gasteiger charge is -2.06. The maximum Gasteiger partial charge on any atom is 0.254 e. The predicted molar refractivity (Wildman–Crippen MR) is 56.4 cm³/mol. The van der Waals surface area contributed by atoms with Crippen molar-refractivity contribution in [3.05, 3.63) is 29.0 Å². The number of nitrogens with one attached hydrogen (secondary N) is 1. The Bertz CT molecular complexity index is 400. The van der Waals surface area contributed by atoms with Crippen LogP contribution in [0.3, 0.4) is 0 Å². The average molecular weight is 224 g/mol. The number of aromatic nitrogens is 1. The molecule has 15 heavy (non-hydrogen) atoms. The molecule has 1 N–H and O–H groups in total. The number of pyridine rings is 1. The number of halogens is 1. The molecule has 1 rings (SSSR count). The van der Waals surface area contributed by atoms with E-state index in [1.807, 2.05) is 6.07 Å². The average Bonchev–Trinajstić information content (AvgIpc) is 2.26. The van der Waals surface area contributed by atoms with Gasteiger partial charge in [0.25, 0.3) is 5.91 Å². The van der Waals surface area contributed by atoms with Gasteiger partial charge in [-0.25, -0.2) is 0 Å². The van der Waals surface area contributed by atoms with Crippen molar-refractivity contribution in [2.24, 2.45) is 5.92 Å². The summed E-state index contributed by atoms with van der Waals surface area (Å²) in [6, 6.07) is 3.57. The van der Waals surface area contributed by atoms with E-state index >= 15 is 0 Å². The molecular formula is C10H10ClN3O. The zero-order chi connectivity index (χ0) is 11.3. The van der Waals surface area contributed by atoms with Crippen LogP contribution < -0.4 is 5.32 Å². The van der Waals surface area contributed by atoms with E-state index in [-0.39, 0.29) is 11.8 Å². The van der Waals surface area contributed by atoms with Crippen LogP contribution in [0.15, 0.2) is 18.5 Å². The first-order chi connectivity index (χ1) is 7.15. The van der Waals surface area contributed by atoms with Crippen LogP contribution >= 0.6 is 11.6 Å². The van der Waals surface area contributed by atoms with Gasteiger partial charge in [-0.3, -0.25) is 9.78 Å². The molecule has 78 valence electrons. The first-order valence-corrected chi connectivity index (χ1v) is 4.80. The third kappa shape index (κ3) is 3.22. The van der Waals surface area contributed by atoms with E-state index in [4.69, 9.17) is 16.9 Å². The van der Waals surface area contributed by atoms with Crippen molar-refractivity contribution in [3.63, 3.8) is 0 Å². The number of rotatable bonds is 3. The highest BCUT2D eigenvalue weighted by molar-refractivity contribution is 6.33. The molecule has 0 aromatic carbocycles. The van der Waals surface area contributed by atoms with Gasteiger partial charge in [-0.15, -0.1) is 0 Å². The third-order valence-corrected chi connectivity index (χ3v) is 2.13. The smallest absolute Gasteiger partial charge is 0.254 e. The molecule has 0 fully saturated rings. The van der Waals surface area contributed by atoms with Gasteiger partial charge in [-0.2, -0.15) is 5.26 Å². The first kappa shape index (κ1) is 11.5. The SMILES string of the molecule is CC(C#N)CNC(=O)c1cnccc1Cl. The molecule has 1 amide bonds. The Kier molecular flexibility index (Phi) is 4.07. The molecule has 0 spiro atoms. The second kappa shape index (κ2) is 5.32. The largest absolute Gasteiger partial charge is 0.351 e. The summed E-state index contributed by atoms with van der Waals surface area (Å²) in [5.41, 5.74) is 0.323. The fraction of sp³-hybridized carbons (Fsp3) is 0.300. The third-order valence-electron chi connectivity index (χ3n) is 1.80. The zero-order valence-electron chi connectivity index (χ0n) is 8.20. The maximum atomic E-state index is 11.5. The number of carbonyl (C=O) groups excluding carboxylic acids is 1. The van der Waals surface area contributed by atoms with Crippen molar-refractivity contribution in [3.8, 4) is 6.07 Å². The molecule has 1 atom stereocenters. The maximum absolute atomic E-state index is 11.5. The molecule has 5 heteroatoms. The van der Waals surface area contributed by atoms with Crippen molar-refractivity contribution in [1.82, 2.24) is 10.3 Å². The number of hydrogen-bond acceptors (Lipinski definition) is 3. The molecule has 1 aromatic rings. The molecule has 0 aliphatic rings. The summed E-state index contributed by atoms with van der Waals surface area (Å²) < 4.78 is 0. The molecule has 0 radical (unpaired) electrons. The Morgan fingerprint density at radius 3 is 3.13 bits per heavy atom. The minimum atomic E-state index is -0.310. The Morgan fingerprint density at radius 2 is 2.53 bits per heavy atom. The molecule has 1 unspecified atom stereocenters. The van der Waals surface area contributed by atoms with Crippen molar-refractivity contribution in [2.45, 2.75) is 6.92 Å². The Morgan fingerprint density at radius 1 is 1.80 bits per heavy atom. The number of hydrogen-bond donors (Lipinski definition) is 1. The standard InChI is InChI=1S/C10H10ClN3O/c1-7(4-12)5-14-10(15)8-6-13-3-2-9(8)11/h2-3,6-7H,5H2,1H3,(H,14,15). The summed E-state index contributed by atoms with van der Waals surface area (Å²) in [7, 11) is 0. The Labute approximate surface area is 92.9 Å². The van der Waals surface area contributed by atoms with Crippen LogP contribution in [0.1, 0.15) is 17.3 Å². The molecular weight excluding hydrogens is 214 g/mol. The lowest BCUT2D eigenvalue weighted by molar-refractivity contribution is 0.0950. The second-order valence-corrected chi connectivity index (χ2v) is 3.50. The number of nitriles is 1. The summed E-state index contributed by atoms with van der Waals surface area (Å²) in [6.45, 7) is 2.03. The second-order valence-electron chi connectivity index (χ2n) is 3.10.